The zero-order valence-electron chi connectivity index (χ0n) is 26.4. The third kappa shape index (κ3) is 13.0. The van der Waals surface area contributed by atoms with E-state index in [0.717, 1.165) is 18.4 Å². The Labute approximate surface area is 277 Å². The summed E-state index contributed by atoms with van der Waals surface area (Å²) in [5, 5.41) is 7.59. The van der Waals surface area contributed by atoms with Gasteiger partial charge in [-0.2, -0.15) is 39.5 Å². The number of likely N-dealkylation sites (tertiary alicyclic amines) is 1. The summed E-state index contributed by atoms with van der Waals surface area (Å²) in [5.74, 6) is -3.78. The average Bonchev–Trinajstić information content (AvgIpc) is 2.94. The lowest BCUT2D eigenvalue weighted by Crippen LogP contribution is -2.54. The Hall–Kier alpha value is -3.15. The van der Waals surface area contributed by atoms with Gasteiger partial charge in [0.1, 0.15) is 0 Å². The lowest BCUT2D eigenvalue weighted by atomic mass is 10.00. The number of nitrogens with two attached hydrogens (primary N) is 1. The van der Waals surface area contributed by atoms with Crippen LogP contribution >= 0.6 is 0 Å². The van der Waals surface area contributed by atoms with E-state index in [4.69, 9.17) is 4.18 Å². The maximum absolute atomic E-state index is 13.5. The number of likely N-dealkylation sites (N-methyl/N-ethyl adjacent to an activating group) is 1. The summed E-state index contributed by atoms with van der Waals surface area (Å²) in [6, 6.07) is 1.26. The zero-order chi connectivity index (χ0) is 36.7. The molecule has 0 spiro atoms. The molecule has 16 nitrogen and oxygen atoms in total. The molecule has 1 saturated heterocycles. The molecule has 4 N–H and O–H groups in total. The molecule has 1 fully saturated rings. The van der Waals surface area contributed by atoms with Gasteiger partial charge in [0, 0.05) is 38.3 Å². The Morgan fingerprint density at radius 3 is 2.19 bits per heavy atom. The summed E-state index contributed by atoms with van der Waals surface area (Å²) in [6.45, 7) is 2.97. The number of benzene rings is 1. The lowest BCUT2D eigenvalue weighted by Gasteiger charge is -2.38. The molecule has 0 radical (unpaired) electrons. The van der Waals surface area contributed by atoms with E-state index in [9.17, 15) is 52.8 Å². The van der Waals surface area contributed by atoms with Gasteiger partial charge >= 0.3 is 38.7 Å². The highest BCUT2D eigenvalue weighted by molar-refractivity contribution is 7.88. The third-order valence-electron chi connectivity index (χ3n) is 6.88. The highest BCUT2D eigenvalue weighted by Crippen LogP contribution is 2.32. The summed E-state index contributed by atoms with van der Waals surface area (Å²) in [5.41, 5.74) is -3.16. The van der Waals surface area contributed by atoms with Gasteiger partial charge in [0.25, 0.3) is 0 Å². The quantitative estimate of drug-likeness (QED) is 0.203. The lowest BCUT2D eigenvalue weighted by molar-refractivity contribution is -0.138. The van der Waals surface area contributed by atoms with E-state index in [-0.39, 0.29) is 43.8 Å². The topological polar surface area (TPSA) is 229 Å². The molecule has 1 aliphatic rings. The van der Waals surface area contributed by atoms with Crippen molar-refractivity contribution in [1.82, 2.24) is 19.2 Å². The number of nitrogens with one attached hydrogen (secondary N) is 2. The number of halogens is 3. The summed E-state index contributed by atoms with van der Waals surface area (Å²) >= 11 is 0. The molecule has 1 heterocycles. The Kier molecular flexibility index (Phi) is 14.1. The molecule has 0 aliphatic carbocycles. The van der Waals surface area contributed by atoms with Crippen LogP contribution in [0.25, 0.3) is 5.57 Å². The molecule has 48 heavy (non-hydrogen) atoms. The predicted molar refractivity (Wildman–Crippen MR) is 165 cm³/mol. The molecule has 1 aromatic rings. The van der Waals surface area contributed by atoms with Gasteiger partial charge in [-0.25, -0.2) is 22.7 Å². The second-order valence-electron chi connectivity index (χ2n) is 11.2. The number of hydrogen-bond donors (Lipinski definition) is 3. The average molecular weight is 750 g/mol. The van der Waals surface area contributed by atoms with Crippen molar-refractivity contribution in [3.8, 4) is 0 Å². The van der Waals surface area contributed by atoms with Crippen LogP contribution in [0.3, 0.4) is 0 Å². The smallest absolute Gasteiger partial charge is 0.341 e. The van der Waals surface area contributed by atoms with Crippen molar-refractivity contribution in [2.24, 2.45) is 11.1 Å². The first-order valence-corrected chi connectivity index (χ1v) is 19.0. The molecule has 22 heteroatoms. The zero-order valence-corrected chi connectivity index (χ0v) is 28.8. The molecule has 2 rings (SSSR count). The third-order valence-corrected chi connectivity index (χ3v) is 9.43. The number of sulfonamides is 1. The van der Waals surface area contributed by atoms with Crippen molar-refractivity contribution in [3.05, 3.63) is 41.5 Å². The summed E-state index contributed by atoms with van der Waals surface area (Å²) in [4.78, 5) is 40.0. The Bertz CT molecular complexity index is 1690. The van der Waals surface area contributed by atoms with Crippen LogP contribution in [0.5, 0.6) is 0 Å². The van der Waals surface area contributed by atoms with Gasteiger partial charge in [0.15, 0.2) is 0 Å². The molecule has 1 unspecified atom stereocenters. The fourth-order valence-electron chi connectivity index (χ4n) is 4.79. The van der Waals surface area contributed by atoms with Crippen molar-refractivity contribution in [1.29, 1.82) is 0 Å². The molecule has 1 aromatic carbocycles. The SMILES string of the molecule is CNC(CC(C)C)C(=O)N1CCC(N(CCNS(C)(=O)=O)S(=O)(=O)OC(=O)/C(=C/C(=O)OS(N)(=O)=O)c2cccc(C(F)(F)F)c2)CC1. The molecular formula is C26H38F3N5O11S3. The van der Waals surface area contributed by atoms with E-state index in [1.807, 2.05) is 13.8 Å². The fourth-order valence-corrected chi connectivity index (χ4v) is 6.80. The number of alkyl halides is 3. The Balaban J connectivity index is 2.45. The van der Waals surface area contributed by atoms with Crippen LogP contribution in [-0.2, 0) is 59.6 Å². The minimum atomic E-state index is -5.20. The van der Waals surface area contributed by atoms with Gasteiger partial charge < -0.3 is 18.6 Å². The fraction of sp³-hybridized carbons (Fsp3) is 0.577. The van der Waals surface area contributed by atoms with Crippen molar-refractivity contribution < 1.29 is 61.2 Å². The van der Waals surface area contributed by atoms with Crippen LogP contribution in [-0.4, -0.2) is 104 Å². The van der Waals surface area contributed by atoms with E-state index in [1.54, 1.807) is 7.05 Å². The first-order valence-electron chi connectivity index (χ1n) is 14.2. The van der Waals surface area contributed by atoms with Gasteiger partial charge in [-0.3, -0.25) is 4.79 Å². The molecule has 1 amide bonds. The van der Waals surface area contributed by atoms with Gasteiger partial charge in [0.2, 0.25) is 15.9 Å². The van der Waals surface area contributed by atoms with E-state index in [2.05, 4.69) is 19.4 Å². The Morgan fingerprint density at radius 2 is 1.69 bits per heavy atom. The molecule has 1 aliphatic heterocycles. The number of nitrogens with zero attached hydrogens (tertiary/aromatic N) is 2. The van der Waals surface area contributed by atoms with Gasteiger partial charge in [-0.05, 0) is 49.9 Å². The van der Waals surface area contributed by atoms with Gasteiger partial charge in [-0.15, -0.1) is 0 Å². The number of carbonyl (C=O) groups is 3. The largest absolute Gasteiger partial charge is 0.416 e. The van der Waals surface area contributed by atoms with E-state index in [0.29, 0.717) is 22.9 Å². The predicted octanol–water partition coefficient (Wildman–Crippen LogP) is 0.0998. The standard InChI is InChI=1S/C26H38F3N5O11S3/c1-17(2)14-22(31-3)24(36)33-11-8-20(9-12-33)34(13-10-32-46(4,38)39)48(42,43)45-25(37)21(16-23(35)44-47(30,40)41)18-6-5-7-19(15-18)26(27,28)29/h5-7,15-17,20,22,31-32H,8-14H2,1-4H3,(H2,30,40,41)/b21-16+. The first kappa shape index (κ1) is 41.0. The summed E-state index contributed by atoms with van der Waals surface area (Å²) in [7, 11) is -12.3. The molecule has 0 saturated carbocycles. The molecule has 272 valence electrons. The van der Waals surface area contributed by atoms with Crippen molar-refractivity contribution in [2.45, 2.75) is 51.4 Å². The molecule has 0 aromatic heterocycles. The van der Waals surface area contributed by atoms with Crippen LogP contribution in [0.1, 0.15) is 44.2 Å². The van der Waals surface area contributed by atoms with Gasteiger partial charge in [-0.1, -0.05) is 26.0 Å². The van der Waals surface area contributed by atoms with Crippen LogP contribution < -0.4 is 15.2 Å². The van der Waals surface area contributed by atoms with Crippen LogP contribution in [0.4, 0.5) is 13.2 Å². The monoisotopic (exact) mass is 749 g/mol. The summed E-state index contributed by atoms with van der Waals surface area (Å²) in [6.07, 6.45) is -3.45. The van der Waals surface area contributed by atoms with Crippen LogP contribution in [0.15, 0.2) is 30.3 Å². The van der Waals surface area contributed by atoms with Crippen LogP contribution in [0.2, 0.25) is 0 Å². The first-order chi connectivity index (χ1) is 21.9. The number of hydrogen-bond acceptors (Lipinski definition) is 12. The second-order valence-corrected chi connectivity index (χ2v) is 15.6. The van der Waals surface area contributed by atoms with Crippen molar-refractivity contribution >= 4 is 54.1 Å². The summed E-state index contributed by atoms with van der Waals surface area (Å²) < 4.78 is 124. The highest BCUT2D eigenvalue weighted by Gasteiger charge is 2.38. The maximum Gasteiger partial charge on any atom is 0.416 e. The molecule has 0 bridgehead atoms. The number of piperidine rings is 1. The maximum atomic E-state index is 13.5. The van der Waals surface area contributed by atoms with Crippen molar-refractivity contribution in [2.75, 3.05) is 39.5 Å². The Morgan fingerprint density at radius 1 is 1.08 bits per heavy atom. The van der Waals surface area contributed by atoms with E-state index >= 15 is 0 Å². The minimum absolute atomic E-state index is 0.0243. The number of amides is 1. The minimum Gasteiger partial charge on any atom is -0.341 e. The highest BCUT2D eigenvalue weighted by atomic mass is 32.2. The van der Waals surface area contributed by atoms with Gasteiger partial charge in [0.05, 0.1) is 23.4 Å². The normalized spacial score (nSPS) is 16.2. The van der Waals surface area contributed by atoms with E-state index in [1.165, 1.54) is 4.90 Å². The van der Waals surface area contributed by atoms with Crippen molar-refractivity contribution in [3.63, 3.8) is 0 Å². The number of rotatable bonds is 15. The molecule has 1 atom stereocenters. The second kappa shape index (κ2) is 16.5. The number of carbonyl (C=O) groups excluding carboxylic acids is 3. The molecular weight excluding hydrogens is 712 g/mol. The van der Waals surface area contributed by atoms with E-state index < -0.39 is 90.6 Å². The van der Waals surface area contributed by atoms with Crippen LogP contribution in [0, 0.1) is 5.92 Å².